The summed E-state index contributed by atoms with van der Waals surface area (Å²) >= 11 is 1.14. The van der Waals surface area contributed by atoms with Crippen molar-refractivity contribution in [3.8, 4) is 11.5 Å². The highest BCUT2D eigenvalue weighted by Crippen LogP contribution is 2.31. The summed E-state index contributed by atoms with van der Waals surface area (Å²) < 4.78 is 15.1. The van der Waals surface area contributed by atoms with Crippen molar-refractivity contribution in [3.05, 3.63) is 89.6 Å². The van der Waals surface area contributed by atoms with Gasteiger partial charge in [0, 0.05) is 5.69 Å². The normalized spacial score (nSPS) is 13.8. The number of methoxy groups -OCH3 is 3. The lowest BCUT2D eigenvalue weighted by molar-refractivity contribution is -0.114. The zero-order valence-corrected chi connectivity index (χ0v) is 21.8. The Labute approximate surface area is 224 Å². The Bertz CT molecular complexity index is 1380. The van der Waals surface area contributed by atoms with Crippen LogP contribution in [0.5, 0.6) is 11.5 Å². The molecule has 1 N–H and O–H groups in total. The maximum Gasteiger partial charge on any atom is 0.337 e. The second-order valence-corrected chi connectivity index (χ2v) is 8.88. The molecule has 1 aliphatic heterocycles. The number of nitrogens with one attached hydrogen (secondary N) is 1. The van der Waals surface area contributed by atoms with Crippen LogP contribution in [0.1, 0.15) is 15.9 Å². The smallest absolute Gasteiger partial charge is 0.337 e. The third kappa shape index (κ3) is 6.22. The quantitative estimate of drug-likeness (QED) is 0.334. The van der Waals surface area contributed by atoms with Crippen LogP contribution in [-0.4, -0.2) is 50.0 Å². The molecule has 1 aliphatic rings. The van der Waals surface area contributed by atoms with E-state index < -0.39 is 5.97 Å². The Balaban J connectivity index is 1.52. The van der Waals surface area contributed by atoms with Crippen LogP contribution >= 0.6 is 11.8 Å². The molecule has 3 aromatic carbocycles. The lowest BCUT2D eigenvalue weighted by Gasteiger charge is -2.18. The molecule has 0 bridgehead atoms. The molecule has 0 atom stereocenters. The molecular formula is C28H25N3O6S. The number of hydrogen-bond donors (Lipinski definition) is 1. The number of carbonyl (C=O) groups is 3. The van der Waals surface area contributed by atoms with Crippen molar-refractivity contribution >= 4 is 52.2 Å². The number of aliphatic imine (C=N–C) groups is 1. The van der Waals surface area contributed by atoms with Crippen molar-refractivity contribution in [2.75, 3.05) is 37.3 Å². The number of amidine groups is 1. The number of hydrogen-bond acceptors (Lipinski definition) is 8. The second kappa shape index (κ2) is 12.1. The molecule has 0 spiro atoms. The van der Waals surface area contributed by atoms with Crippen molar-refractivity contribution in [3.63, 3.8) is 0 Å². The van der Waals surface area contributed by atoms with Gasteiger partial charge in [-0.05, 0) is 72.3 Å². The first-order valence-corrected chi connectivity index (χ1v) is 12.4. The third-order valence-corrected chi connectivity index (χ3v) is 6.44. The Morgan fingerprint density at radius 3 is 2.08 bits per heavy atom. The van der Waals surface area contributed by atoms with E-state index >= 15 is 0 Å². The summed E-state index contributed by atoms with van der Waals surface area (Å²) in [5, 5.41) is 3.15. The molecule has 1 heterocycles. The minimum atomic E-state index is -0.459. The van der Waals surface area contributed by atoms with Gasteiger partial charge in [0.05, 0.1) is 38.3 Å². The Morgan fingerprint density at radius 1 is 0.895 bits per heavy atom. The van der Waals surface area contributed by atoms with E-state index in [1.54, 1.807) is 81.0 Å². The predicted octanol–water partition coefficient (Wildman–Crippen LogP) is 4.61. The van der Waals surface area contributed by atoms with Gasteiger partial charge in [-0.2, -0.15) is 0 Å². The lowest BCUT2D eigenvalue weighted by atomic mass is 10.2. The number of anilines is 2. The summed E-state index contributed by atoms with van der Waals surface area (Å²) in [6, 6.07) is 20.6. The van der Waals surface area contributed by atoms with Gasteiger partial charge in [-0.1, -0.05) is 23.9 Å². The Hall–Kier alpha value is -4.57. The monoisotopic (exact) mass is 531 g/mol. The topological polar surface area (TPSA) is 107 Å². The number of ether oxygens (including phenoxy) is 3. The van der Waals surface area contributed by atoms with E-state index in [0.717, 1.165) is 17.3 Å². The number of thioether (sulfide) groups is 1. The van der Waals surface area contributed by atoms with Crippen LogP contribution in [0, 0.1) is 0 Å². The molecule has 10 heteroatoms. The molecule has 0 aromatic heterocycles. The zero-order chi connectivity index (χ0) is 27.1. The van der Waals surface area contributed by atoms with E-state index in [2.05, 4.69) is 15.0 Å². The van der Waals surface area contributed by atoms with Gasteiger partial charge >= 0.3 is 5.97 Å². The van der Waals surface area contributed by atoms with Gasteiger partial charge in [0.15, 0.2) is 5.17 Å². The molecule has 0 aliphatic carbocycles. The van der Waals surface area contributed by atoms with Crippen molar-refractivity contribution in [2.24, 2.45) is 4.99 Å². The van der Waals surface area contributed by atoms with Crippen LogP contribution in [0.15, 0.2) is 83.5 Å². The third-order valence-electron chi connectivity index (χ3n) is 5.50. The Morgan fingerprint density at radius 2 is 1.50 bits per heavy atom. The predicted molar refractivity (Wildman–Crippen MR) is 148 cm³/mol. The largest absolute Gasteiger partial charge is 0.497 e. The van der Waals surface area contributed by atoms with E-state index in [1.807, 2.05) is 12.1 Å². The molecule has 9 nitrogen and oxygen atoms in total. The molecule has 194 valence electrons. The van der Waals surface area contributed by atoms with E-state index in [-0.39, 0.29) is 23.3 Å². The fourth-order valence-electron chi connectivity index (χ4n) is 3.54. The molecule has 0 fully saturated rings. The standard InChI is InChI=1S/C28H25N3O6S/c1-35-22-12-4-18(5-13-22)16-24-26(33)31(21-10-14-23(36-2)15-11-21)28(30-24)38-17-25(32)29-20-8-6-19(7-9-20)27(34)37-3/h4-16H,17H2,1-3H3,(H,29,32). The fraction of sp³-hybridized carbons (Fsp3) is 0.143. The van der Waals surface area contributed by atoms with Crippen LogP contribution in [0.4, 0.5) is 11.4 Å². The summed E-state index contributed by atoms with van der Waals surface area (Å²) in [6.45, 7) is 0. The van der Waals surface area contributed by atoms with Gasteiger partial charge in [-0.3, -0.25) is 14.5 Å². The zero-order valence-electron chi connectivity index (χ0n) is 21.0. The van der Waals surface area contributed by atoms with Crippen LogP contribution in [0.25, 0.3) is 6.08 Å². The molecule has 3 aromatic rings. The summed E-state index contributed by atoms with van der Waals surface area (Å²) in [6.07, 6.45) is 1.69. The SMILES string of the molecule is COC(=O)c1ccc(NC(=O)CSC2=NC(=Cc3ccc(OC)cc3)C(=O)N2c2ccc(OC)cc2)cc1. The molecule has 2 amide bonds. The molecule has 0 saturated heterocycles. The van der Waals surface area contributed by atoms with E-state index in [1.165, 1.54) is 12.0 Å². The van der Waals surface area contributed by atoms with Gasteiger partial charge in [-0.25, -0.2) is 9.79 Å². The number of carbonyl (C=O) groups excluding carboxylic acids is 3. The second-order valence-electron chi connectivity index (χ2n) is 7.94. The van der Waals surface area contributed by atoms with Crippen molar-refractivity contribution < 1.29 is 28.6 Å². The number of nitrogens with zero attached hydrogens (tertiary/aromatic N) is 2. The highest BCUT2D eigenvalue weighted by atomic mass is 32.2. The number of amides is 2. The van der Waals surface area contributed by atoms with Crippen molar-refractivity contribution in [2.45, 2.75) is 0 Å². The van der Waals surface area contributed by atoms with Gasteiger partial charge in [0.2, 0.25) is 5.91 Å². The average molecular weight is 532 g/mol. The van der Waals surface area contributed by atoms with Crippen LogP contribution in [0.2, 0.25) is 0 Å². The molecule has 0 unspecified atom stereocenters. The first-order chi connectivity index (χ1) is 18.4. The number of benzene rings is 3. The van der Waals surface area contributed by atoms with E-state index in [0.29, 0.717) is 33.6 Å². The van der Waals surface area contributed by atoms with Crippen LogP contribution in [-0.2, 0) is 14.3 Å². The highest BCUT2D eigenvalue weighted by Gasteiger charge is 2.32. The van der Waals surface area contributed by atoms with Crippen molar-refractivity contribution in [1.82, 2.24) is 0 Å². The van der Waals surface area contributed by atoms with Crippen LogP contribution < -0.4 is 19.7 Å². The summed E-state index contributed by atoms with van der Waals surface area (Å²) in [7, 11) is 4.45. The van der Waals surface area contributed by atoms with Gasteiger partial charge in [-0.15, -0.1) is 0 Å². The molecule has 38 heavy (non-hydrogen) atoms. The molecule has 0 saturated carbocycles. The van der Waals surface area contributed by atoms with Gasteiger partial charge < -0.3 is 19.5 Å². The number of esters is 1. The molecule has 0 radical (unpaired) electrons. The summed E-state index contributed by atoms with van der Waals surface area (Å²) in [5.74, 6) is 0.298. The molecular weight excluding hydrogens is 506 g/mol. The Kier molecular flexibility index (Phi) is 8.44. The van der Waals surface area contributed by atoms with Crippen molar-refractivity contribution in [1.29, 1.82) is 0 Å². The highest BCUT2D eigenvalue weighted by molar-refractivity contribution is 8.14. The first kappa shape index (κ1) is 26.5. The summed E-state index contributed by atoms with van der Waals surface area (Å²) in [4.78, 5) is 43.7. The fourth-order valence-corrected chi connectivity index (χ4v) is 4.36. The molecule has 4 rings (SSSR count). The maximum absolute atomic E-state index is 13.4. The lowest BCUT2D eigenvalue weighted by Crippen LogP contribution is -2.31. The van der Waals surface area contributed by atoms with E-state index in [9.17, 15) is 14.4 Å². The van der Waals surface area contributed by atoms with E-state index in [4.69, 9.17) is 9.47 Å². The number of rotatable bonds is 8. The van der Waals surface area contributed by atoms with Crippen LogP contribution in [0.3, 0.4) is 0 Å². The average Bonchev–Trinajstić information content (AvgIpc) is 3.26. The minimum Gasteiger partial charge on any atom is -0.497 e. The van der Waals surface area contributed by atoms with Gasteiger partial charge in [0.25, 0.3) is 5.91 Å². The summed E-state index contributed by atoms with van der Waals surface area (Å²) in [5.41, 5.74) is 2.53. The van der Waals surface area contributed by atoms with Gasteiger partial charge in [0.1, 0.15) is 17.2 Å². The minimum absolute atomic E-state index is 0.00728. The first-order valence-electron chi connectivity index (χ1n) is 11.5. The maximum atomic E-state index is 13.4.